The summed E-state index contributed by atoms with van der Waals surface area (Å²) in [6.45, 7) is 4.70. The molecule has 0 radical (unpaired) electrons. The average Bonchev–Trinajstić information content (AvgIpc) is 2.32. The fourth-order valence-corrected chi connectivity index (χ4v) is 2.12. The van der Waals surface area contributed by atoms with Crippen LogP contribution >= 0.6 is 15.9 Å². The summed E-state index contributed by atoms with van der Waals surface area (Å²) in [4.78, 5) is 11.9. The van der Waals surface area contributed by atoms with Crippen LogP contribution in [0.4, 0.5) is 0 Å². The highest BCUT2D eigenvalue weighted by Gasteiger charge is 2.08. The third-order valence-electron chi connectivity index (χ3n) is 2.56. The van der Waals surface area contributed by atoms with Crippen molar-refractivity contribution in [3.63, 3.8) is 0 Å². The molecule has 0 N–H and O–H groups in total. The molecule has 0 unspecified atom stereocenters. The minimum absolute atomic E-state index is 0.210. The number of ether oxygens (including phenoxy) is 1. The SMILES string of the molecule is CCCCCC(=O)c1ccc(OCC)c(Br)c1. The Kier molecular flexibility index (Phi) is 6.27. The first-order valence-electron chi connectivity index (χ1n) is 6.14. The first-order chi connectivity index (χ1) is 8.19. The Balaban J connectivity index is 2.65. The third kappa shape index (κ3) is 4.50. The summed E-state index contributed by atoms with van der Waals surface area (Å²) in [7, 11) is 0. The molecule has 94 valence electrons. The lowest BCUT2D eigenvalue weighted by atomic mass is 10.0. The van der Waals surface area contributed by atoms with E-state index in [0.29, 0.717) is 13.0 Å². The second-order valence-electron chi connectivity index (χ2n) is 3.96. The zero-order chi connectivity index (χ0) is 12.7. The molecule has 0 atom stereocenters. The Bertz CT molecular complexity index is 374. The summed E-state index contributed by atoms with van der Waals surface area (Å²) >= 11 is 3.42. The van der Waals surface area contributed by atoms with E-state index >= 15 is 0 Å². The molecule has 0 spiro atoms. The number of carbonyl (C=O) groups excluding carboxylic acids is 1. The lowest BCUT2D eigenvalue weighted by molar-refractivity contribution is 0.0979. The van der Waals surface area contributed by atoms with Crippen LogP contribution in [0.5, 0.6) is 5.75 Å². The normalized spacial score (nSPS) is 10.3. The van der Waals surface area contributed by atoms with E-state index in [4.69, 9.17) is 4.74 Å². The van der Waals surface area contributed by atoms with Gasteiger partial charge >= 0.3 is 0 Å². The Labute approximate surface area is 111 Å². The van der Waals surface area contributed by atoms with Gasteiger partial charge in [0.2, 0.25) is 0 Å². The number of ketones is 1. The molecule has 0 saturated carbocycles. The standard InChI is InChI=1S/C14H19BrO2/c1-3-5-6-7-13(16)11-8-9-14(17-4-2)12(15)10-11/h8-10H,3-7H2,1-2H3. The van der Waals surface area contributed by atoms with Gasteiger partial charge in [-0.05, 0) is 47.5 Å². The highest BCUT2D eigenvalue weighted by atomic mass is 79.9. The van der Waals surface area contributed by atoms with E-state index in [1.165, 1.54) is 0 Å². The van der Waals surface area contributed by atoms with Gasteiger partial charge in [-0.3, -0.25) is 4.79 Å². The van der Waals surface area contributed by atoms with Crippen molar-refractivity contribution in [2.45, 2.75) is 39.5 Å². The van der Waals surface area contributed by atoms with Crippen LogP contribution in [0.15, 0.2) is 22.7 Å². The Morgan fingerprint density at radius 3 is 2.65 bits per heavy atom. The fourth-order valence-electron chi connectivity index (χ4n) is 1.63. The van der Waals surface area contributed by atoms with Crippen LogP contribution in [0.25, 0.3) is 0 Å². The maximum atomic E-state index is 11.9. The van der Waals surface area contributed by atoms with Gasteiger partial charge in [-0.2, -0.15) is 0 Å². The average molecular weight is 299 g/mol. The highest BCUT2D eigenvalue weighted by molar-refractivity contribution is 9.10. The molecule has 0 aliphatic carbocycles. The molecule has 0 fully saturated rings. The molecule has 0 aliphatic heterocycles. The summed E-state index contributed by atoms with van der Waals surface area (Å²) in [5, 5.41) is 0. The lowest BCUT2D eigenvalue weighted by Gasteiger charge is -2.07. The quantitative estimate of drug-likeness (QED) is 0.543. The maximum Gasteiger partial charge on any atom is 0.162 e. The molecule has 1 aromatic rings. The zero-order valence-electron chi connectivity index (χ0n) is 10.5. The zero-order valence-corrected chi connectivity index (χ0v) is 12.0. The van der Waals surface area contributed by atoms with Crippen LogP contribution < -0.4 is 4.74 Å². The van der Waals surface area contributed by atoms with Gasteiger partial charge in [-0.15, -0.1) is 0 Å². The minimum Gasteiger partial charge on any atom is -0.493 e. The molecule has 2 nitrogen and oxygen atoms in total. The highest BCUT2D eigenvalue weighted by Crippen LogP contribution is 2.26. The second-order valence-corrected chi connectivity index (χ2v) is 4.81. The van der Waals surface area contributed by atoms with Crippen LogP contribution in [0.1, 0.15) is 49.9 Å². The van der Waals surface area contributed by atoms with Gasteiger partial charge < -0.3 is 4.74 Å². The van der Waals surface area contributed by atoms with Gasteiger partial charge in [0, 0.05) is 12.0 Å². The van der Waals surface area contributed by atoms with Gasteiger partial charge in [0.05, 0.1) is 11.1 Å². The number of unbranched alkanes of at least 4 members (excludes halogenated alkanes) is 2. The van der Waals surface area contributed by atoms with Gasteiger partial charge in [-0.1, -0.05) is 19.8 Å². The van der Waals surface area contributed by atoms with E-state index in [2.05, 4.69) is 22.9 Å². The first kappa shape index (κ1) is 14.2. The third-order valence-corrected chi connectivity index (χ3v) is 3.18. The molecule has 3 heteroatoms. The van der Waals surface area contributed by atoms with E-state index in [9.17, 15) is 4.79 Å². The molecule has 0 heterocycles. The smallest absolute Gasteiger partial charge is 0.162 e. The number of hydrogen-bond acceptors (Lipinski definition) is 2. The number of halogens is 1. The van der Waals surface area contributed by atoms with E-state index in [1.807, 2.05) is 25.1 Å². The van der Waals surface area contributed by atoms with E-state index in [-0.39, 0.29) is 5.78 Å². The molecule has 0 aromatic heterocycles. The Morgan fingerprint density at radius 2 is 2.06 bits per heavy atom. The van der Waals surface area contributed by atoms with Crippen LogP contribution in [-0.2, 0) is 0 Å². The number of carbonyl (C=O) groups is 1. The number of benzene rings is 1. The van der Waals surface area contributed by atoms with Gasteiger partial charge in [0.15, 0.2) is 5.78 Å². The summed E-state index contributed by atoms with van der Waals surface area (Å²) in [6, 6.07) is 5.53. The number of rotatable bonds is 7. The summed E-state index contributed by atoms with van der Waals surface area (Å²) in [5.74, 6) is 1.000. The molecule has 1 rings (SSSR count). The van der Waals surface area contributed by atoms with Crippen molar-refractivity contribution in [3.05, 3.63) is 28.2 Å². The van der Waals surface area contributed by atoms with Gasteiger partial charge in [0.1, 0.15) is 5.75 Å². The Hall–Kier alpha value is -0.830. The van der Waals surface area contributed by atoms with Crippen molar-refractivity contribution in [2.75, 3.05) is 6.61 Å². The van der Waals surface area contributed by atoms with E-state index < -0.39 is 0 Å². The van der Waals surface area contributed by atoms with Gasteiger partial charge in [-0.25, -0.2) is 0 Å². The molecular formula is C14H19BrO2. The molecule has 17 heavy (non-hydrogen) atoms. The number of hydrogen-bond donors (Lipinski definition) is 0. The molecule has 0 amide bonds. The first-order valence-corrected chi connectivity index (χ1v) is 6.93. The summed E-state index contributed by atoms with van der Waals surface area (Å²) in [6.07, 6.45) is 3.86. The maximum absolute atomic E-state index is 11.9. The van der Waals surface area contributed by atoms with Crippen molar-refractivity contribution in [1.29, 1.82) is 0 Å². The topological polar surface area (TPSA) is 26.3 Å². The van der Waals surface area contributed by atoms with Crippen molar-refractivity contribution < 1.29 is 9.53 Å². The predicted molar refractivity (Wildman–Crippen MR) is 73.8 cm³/mol. The van der Waals surface area contributed by atoms with Crippen LogP contribution in [0.2, 0.25) is 0 Å². The lowest BCUT2D eigenvalue weighted by Crippen LogP contribution is -2.00. The molecule has 1 aromatic carbocycles. The molecule has 0 saturated heterocycles. The van der Waals surface area contributed by atoms with Crippen molar-refractivity contribution in [2.24, 2.45) is 0 Å². The van der Waals surface area contributed by atoms with Crippen LogP contribution in [0, 0.1) is 0 Å². The second kappa shape index (κ2) is 7.49. The fraction of sp³-hybridized carbons (Fsp3) is 0.500. The van der Waals surface area contributed by atoms with E-state index in [1.54, 1.807) is 0 Å². The van der Waals surface area contributed by atoms with E-state index in [0.717, 1.165) is 35.0 Å². The molecule has 0 aliphatic rings. The van der Waals surface area contributed by atoms with Crippen LogP contribution in [-0.4, -0.2) is 12.4 Å². The summed E-state index contributed by atoms with van der Waals surface area (Å²) in [5.41, 5.74) is 0.761. The molecule has 0 bridgehead atoms. The predicted octanol–water partition coefficient (Wildman–Crippen LogP) is 4.61. The van der Waals surface area contributed by atoms with Crippen molar-refractivity contribution >= 4 is 21.7 Å². The summed E-state index contributed by atoms with van der Waals surface area (Å²) < 4.78 is 6.26. The number of Topliss-reactive ketones (excluding diaryl/α,β-unsaturated/α-hetero) is 1. The van der Waals surface area contributed by atoms with Crippen LogP contribution in [0.3, 0.4) is 0 Å². The largest absolute Gasteiger partial charge is 0.493 e. The monoisotopic (exact) mass is 298 g/mol. The molecular weight excluding hydrogens is 280 g/mol. The van der Waals surface area contributed by atoms with Crippen molar-refractivity contribution in [3.8, 4) is 5.75 Å². The minimum atomic E-state index is 0.210. The van der Waals surface area contributed by atoms with Crippen molar-refractivity contribution in [1.82, 2.24) is 0 Å². The Morgan fingerprint density at radius 1 is 1.29 bits per heavy atom. The van der Waals surface area contributed by atoms with Gasteiger partial charge in [0.25, 0.3) is 0 Å².